The second kappa shape index (κ2) is 6.44. The maximum absolute atomic E-state index is 12.8. The van der Waals surface area contributed by atoms with Gasteiger partial charge < -0.3 is 10.1 Å². The van der Waals surface area contributed by atoms with Crippen molar-refractivity contribution in [3.05, 3.63) is 39.5 Å². The molecule has 0 radical (unpaired) electrons. The molecule has 1 aliphatic rings. The Bertz CT molecular complexity index is 796. The number of nitrogens with one attached hydrogen (secondary N) is 1. The summed E-state index contributed by atoms with van der Waals surface area (Å²) in [5.41, 5.74) is 2.52. The molecule has 7 heteroatoms. The van der Waals surface area contributed by atoms with Crippen molar-refractivity contribution < 1.29 is 9.53 Å². The van der Waals surface area contributed by atoms with Crippen LogP contribution >= 0.6 is 27.7 Å². The fraction of sp³-hybridized carbons (Fsp3) is 0.412. The third-order valence-electron chi connectivity index (χ3n) is 3.84. The maximum atomic E-state index is 12.8. The summed E-state index contributed by atoms with van der Waals surface area (Å²) < 4.78 is 7.88. The predicted octanol–water partition coefficient (Wildman–Crippen LogP) is 4.41. The third kappa shape index (κ3) is 3.19. The highest BCUT2D eigenvalue weighted by atomic mass is 79.9. The van der Waals surface area contributed by atoms with E-state index in [1.165, 1.54) is 0 Å². The molecule has 1 N–H and O–H groups in total. The summed E-state index contributed by atoms with van der Waals surface area (Å²) in [5, 5.41) is 7.78. The van der Waals surface area contributed by atoms with Crippen molar-refractivity contribution in [2.45, 2.75) is 37.8 Å². The summed E-state index contributed by atoms with van der Waals surface area (Å²) in [5.74, 6) is 3.03. The van der Waals surface area contributed by atoms with E-state index in [1.807, 2.05) is 28.6 Å². The Balaban J connectivity index is 1.98. The molecule has 1 aliphatic heterocycles. The van der Waals surface area contributed by atoms with Crippen LogP contribution in [0.5, 0.6) is 5.75 Å². The van der Waals surface area contributed by atoms with Gasteiger partial charge in [0.1, 0.15) is 11.6 Å². The maximum Gasteiger partial charge on any atom is 0.258 e. The molecule has 24 heavy (non-hydrogen) atoms. The van der Waals surface area contributed by atoms with Gasteiger partial charge in [0.2, 0.25) is 0 Å². The van der Waals surface area contributed by atoms with Gasteiger partial charge >= 0.3 is 0 Å². The standard InChI is InChI=1S/C17H20BrN3O2S/c1-17(2,3)21-15(12-8-24-9-14(12)20-21)19-16(22)11-7-10(23-4)5-6-13(11)18/h5-7H,8-9H2,1-4H3,(H,19,22). The van der Waals surface area contributed by atoms with Gasteiger partial charge in [-0.05, 0) is 54.9 Å². The van der Waals surface area contributed by atoms with Crippen LogP contribution in [0.4, 0.5) is 5.82 Å². The zero-order valence-corrected chi connectivity index (χ0v) is 16.5. The molecule has 0 saturated heterocycles. The Morgan fingerprint density at radius 3 is 2.79 bits per heavy atom. The van der Waals surface area contributed by atoms with Crippen molar-refractivity contribution in [2.75, 3.05) is 12.4 Å². The number of fused-ring (bicyclic) bond motifs is 1. The van der Waals surface area contributed by atoms with E-state index >= 15 is 0 Å². The number of aromatic nitrogens is 2. The largest absolute Gasteiger partial charge is 0.497 e. The van der Waals surface area contributed by atoms with Gasteiger partial charge in [0, 0.05) is 21.5 Å². The fourth-order valence-corrected chi connectivity index (χ4v) is 4.07. The van der Waals surface area contributed by atoms with Crippen LogP contribution in [0.2, 0.25) is 0 Å². The van der Waals surface area contributed by atoms with Crippen LogP contribution in [0.15, 0.2) is 22.7 Å². The second-order valence-electron chi connectivity index (χ2n) is 6.65. The van der Waals surface area contributed by atoms with Gasteiger partial charge in [-0.3, -0.25) is 4.79 Å². The Kier molecular flexibility index (Phi) is 4.66. The molecule has 0 spiro atoms. The third-order valence-corrected chi connectivity index (χ3v) is 5.50. The Hall–Kier alpha value is -1.47. The van der Waals surface area contributed by atoms with E-state index in [1.54, 1.807) is 13.2 Å². The number of anilines is 1. The smallest absolute Gasteiger partial charge is 0.258 e. The molecule has 2 heterocycles. The highest BCUT2D eigenvalue weighted by molar-refractivity contribution is 9.10. The molecule has 0 saturated carbocycles. The lowest BCUT2D eigenvalue weighted by atomic mass is 10.1. The molecule has 128 valence electrons. The predicted molar refractivity (Wildman–Crippen MR) is 101 cm³/mol. The molecule has 0 aliphatic carbocycles. The zero-order chi connectivity index (χ0) is 17.5. The number of hydrogen-bond donors (Lipinski definition) is 1. The van der Waals surface area contributed by atoms with Gasteiger partial charge in [-0.1, -0.05) is 0 Å². The van der Waals surface area contributed by atoms with Crippen LogP contribution in [0.1, 0.15) is 42.4 Å². The van der Waals surface area contributed by atoms with Crippen LogP contribution < -0.4 is 10.1 Å². The van der Waals surface area contributed by atoms with Gasteiger partial charge in [-0.2, -0.15) is 16.9 Å². The molecule has 3 rings (SSSR count). The van der Waals surface area contributed by atoms with E-state index in [0.717, 1.165) is 33.1 Å². The van der Waals surface area contributed by atoms with Crippen molar-refractivity contribution in [1.29, 1.82) is 0 Å². The number of carbonyl (C=O) groups excluding carboxylic acids is 1. The SMILES string of the molecule is COc1ccc(Br)c(C(=O)Nc2c3c(nn2C(C)(C)C)CSC3)c1. The molecule has 2 aromatic rings. The highest BCUT2D eigenvalue weighted by Gasteiger charge is 2.29. The van der Waals surface area contributed by atoms with Crippen LogP contribution in [-0.2, 0) is 17.0 Å². The molecule has 0 atom stereocenters. The number of benzene rings is 1. The molecule has 1 aromatic heterocycles. The van der Waals surface area contributed by atoms with Gasteiger partial charge in [-0.15, -0.1) is 0 Å². The number of hydrogen-bond acceptors (Lipinski definition) is 4. The van der Waals surface area contributed by atoms with Gasteiger partial charge in [0.15, 0.2) is 0 Å². The number of halogens is 1. The van der Waals surface area contributed by atoms with Crippen LogP contribution in [0.25, 0.3) is 0 Å². The molecule has 1 aromatic carbocycles. The average molecular weight is 410 g/mol. The van der Waals surface area contributed by atoms with Gasteiger partial charge in [0.05, 0.1) is 23.9 Å². The summed E-state index contributed by atoms with van der Waals surface area (Å²) in [7, 11) is 1.59. The number of rotatable bonds is 3. The van der Waals surface area contributed by atoms with E-state index in [9.17, 15) is 4.79 Å². The van der Waals surface area contributed by atoms with Crippen molar-refractivity contribution in [3.63, 3.8) is 0 Å². The summed E-state index contributed by atoms with van der Waals surface area (Å²) in [6.45, 7) is 6.25. The summed E-state index contributed by atoms with van der Waals surface area (Å²) in [6, 6.07) is 5.36. The number of thioether (sulfide) groups is 1. The minimum atomic E-state index is -0.205. The number of methoxy groups -OCH3 is 1. The Labute approximate surface area is 154 Å². The number of ether oxygens (including phenoxy) is 1. The van der Waals surface area contributed by atoms with Crippen molar-refractivity contribution in [2.24, 2.45) is 0 Å². The van der Waals surface area contributed by atoms with Crippen molar-refractivity contribution >= 4 is 39.4 Å². The van der Waals surface area contributed by atoms with Gasteiger partial charge in [0.25, 0.3) is 5.91 Å². The summed E-state index contributed by atoms with van der Waals surface area (Å²) >= 11 is 5.26. The molecule has 0 unspecified atom stereocenters. The second-order valence-corrected chi connectivity index (χ2v) is 8.49. The lowest BCUT2D eigenvalue weighted by Crippen LogP contribution is -2.27. The highest BCUT2D eigenvalue weighted by Crippen LogP contribution is 2.37. The first-order valence-electron chi connectivity index (χ1n) is 7.65. The van der Waals surface area contributed by atoms with E-state index in [4.69, 9.17) is 9.84 Å². The van der Waals surface area contributed by atoms with Crippen molar-refractivity contribution in [3.8, 4) is 5.75 Å². The van der Waals surface area contributed by atoms with Crippen LogP contribution in [0.3, 0.4) is 0 Å². The topological polar surface area (TPSA) is 56.1 Å². The monoisotopic (exact) mass is 409 g/mol. The number of nitrogens with zero attached hydrogens (tertiary/aromatic N) is 2. The quantitative estimate of drug-likeness (QED) is 0.815. The van der Waals surface area contributed by atoms with Crippen molar-refractivity contribution in [1.82, 2.24) is 9.78 Å². The van der Waals surface area contributed by atoms with Crippen LogP contribution in [0, 0.1) is 0 Å². The van der Waals surface area contributed by atoms with Crippen LogP contribution in [-0.4, -0.2) is 22.8 Å². The molecule has 0 fully saturated rings. The Morgan fingerprint density at radius 1 is 1.38 bits per heavy atom. The summed E-state index contributed by atoms with van der Waals surface area (Å²) in [6.07, 6.45) is 0. The molecular formula is C17H20BrN3O2S. The first-order chi connectivity index (χ1) is 11.3. The lowest BCUT2D eigenvalue weighted by Gasteiger charge is -2.23. The Morgan fingerprint density at radius 2 is 2.12 bits per heavy atom. The number of amides is 1. The minimum absolute atomic E-state index is 0.175. The normalized spacial score (nSPS) is 13.7. The van der Waals surface area contributed by atoms with E-state index in [0.29, 0.717) is 11.3 Å². The zero-order valence-electron chi connectivity index (χ0n) is 14.1. The molecule has 1 amide bonds. The lowest BCUT2D eigenvalue weighted by molar-refractivity contribution is 0.102. The average Bonchev–Trinajstić information content (AvgIpc) is 3.09. The van der Waals surface area contributed by atoms with E-state index in [2.05, 4.69) is 42.0 Å². The minimum Gasteiger partial charge on any atom is -0.497 e. The first-order valence-corrected chi connectivity index (χ1v) is 9.60. The summed E-state index contributed by atoms with van der Waals surface area (Å²) in [4.78, 5) is 12.8. The molecule has 5 nitrogen and oxygen atoms in total. The fourth-order valence-electron chi connectivity index (χ4n) is 2.61. The first kappa shape index (κ1) is 17.4. The van der Waals surface area contributed by atoms with E-state index < -0.39 is 0 Å². The number of carbonyl (C=O) groups is 1. The molecular weight excluding hydrogens is 390 g/mol. The van der Waals surface area contributed by atoms with E-state index in [-0.39, 0.29) is 11.4 Å². The molecule has 0 bridgehead atoms. The van der Waals surface area contributed by atoms with Gasteiger partial charge in [-0.25, -0.2) is 4.68 Å².